The Labute approximate surface area is 91.8 Å². The molecule has 82 valence electrons. The first-order valence-electron chi connectivity index (χ1n) is 4.72. The zero-order valence-electron chi connectivity index (χ0n) is 8.78. The lowest BCUT2D eigenvalue weighted by Crippen LogP contribution is -2.03. The van der Waals surface area contributed by atoms with Gasteiger partial charge in [0.05, 0.1) is 12.6 Å². The van der Waals surface area contributed by atoms with Gasteiger partial charge in [0.25, 0.3) is 5.56 Å². The molecule has 0 aliphatic rings. The summed E-state index contributed by atoms with van der Waals surface area (Å²) in [5.41, 5.74) is 0.947. The molecule has 4 heteroatoms. The highest BCUT2D eigenvalue weighted by Gasteiger charge is 2.07. The summed E-state index contributed by atoms with van der Waals surface area (Å²) in [7, 11) is 1.54. The number of ether oxygens (including phenoxy) is 1. The first kappa shape index (κ1) is 10.3. The van der Waals surface area contributed by atoms with E-state index in [0.29, 0.717) is 16.7 Å². The van der Waals surface area contributed by atoms with E-state index in [0.717, 1.165) is 11.6 Å². The summed E-state index contributed by atoms with van der Waals surface area (Å²) >= 11 is 0. The number of hydrogen-bond donors (Lipinski definition) is 2. The van der Waals surface area contributed by atoms with Crippen LogP contribution in [-0.4, -0.2) is 17.2 Å². The molecular weight excluding hydrogens is 206 g/mol. The molecule has 2 aromatic rings. The normalized spacial score (nSPS) is 10.3. The van der Waals surface area contributed by atoms with Crippen LogP contribution in [0.1, 0.15) is 5.56 Å². The van der Waals surface area contributed by atoms with Gasteiger partial charge in [-0.3, -0.25) is 4.79 Å². The van der Waals surface area contributed by atoms with Gasteiger partial charge in [-0.15, -0.1) is 0 Å². The molecule has 0 radical (unpaired) electrons. The zero-order chi connectivity index (χ0) is 11.7. The molecule has 2 N–H and O–H groups in total. The maximum absolute atomic E-state index is 11.2. The fourth-order valence-corrected chi connectivity index (χ4v) is 1.62. The number of fused-ring (bicyclic) bond motifs is 1. The molecule has 0 amide bonds. The second-order valence-electron chi connectivity index (χ2n) is 3.36. The number of aromatic nitrogens is 1. The highest BCUT2D eigenvalue weighted by atomic mass is 16.5. The maximum Gasteiger partial charge on any atom is 0.252 e. The molecule has 0 bridgehead atoms. The second kappa shape index (κ2) is 3.73. The van der Waals surface area contributed by atoms with Gasteiger partial charge in [-0.1, -0.05) is 12.7 Å². The van der Waals surface area contributed by atoms with Crippen molar-refractivity contribution in [2.45, 2.75) is 0 Å². The highest BCUT2D eigenvalue weighted by Crippen LogP contribution is 2.29. The Hall–Kier alpha value is -2.23. The third kappa shape index (κ3) is 1.54. The molecule has 1 heterocycles. The van der Waals surface area contributed by atoms with Gasteiger partial charge in [0.1, 0.15) is 11.5 Å². The quantitative estimate of drug-likeness (QED) is 0.807. The average molecular weight is 217 g/mol. The van der Waals surface area contributed by atoms with E-state index in [2.05, 4.69) is 11.6 Å². The van der Waals surface area contributed by atoms with E-state index < -0.39 is 0 Å². The molecule has 16 heavy (non-hydrogen) atoms. The van der Waals surface area contributed by atoms with Crippen molar-refractivity contribution in [3.8, 4) is 11.5 Å². The number of aromatic amines is 1. The Morgan fingerprint density at radius 3 is 2.81 bits per heavy atom. The van der Waals surface area contributed by atoms with E-state index in [4.69, 9.17) is 4.74 Å². The topological polar surface area (TPSA) is 62.3 Å². The molecule has 0 spiro atoms. The Morgan fingerprint density at radius 1 is 1.44 bits per heavy atom. The van der Waals surface area contributed by atoms with Gasteiger partial charge in [0.2, 0.25) is 0 Å². The van der Waals surface area contributed by atoms with Crippen LogP contribution in [0.15, 0.2) is 29.6 Å². The van der Waals surface area contributed by atoms with Crippen molar-refractivity contribution < 1.29 is 9.84 Å². The molecule has 0 atom stereocenters. The summed E-state index contributed by atoms with van der Waals surface area (Å²) in [4.78, 5) is 13.8. The number of rotatable bonds is 2. The second-order valence-corrected chi connectivity index (χ2v) is 3.36. The first-order valence-corrected chi connectivity index (χ1v) is 4.72. The minimum absolute atomic E-state index is 0.0514. The largest absolute Gasteiger partial charge is 0.507 e. The van der Waals surface area contributed by atoms with E-state index in [1.807, 2.05) is 0 Å². The Bertz CT molecular complexity index is 613. The lowest BCUT2D eigenvalue weighted by atomic mass is 10.1. The summed E-state index contributed by atoms with van der Waals surface area (Å²) in [5.74, 6) is 0.549. The van der Waals surface area contributed by atoms with Crippen LogP contribution in [-0.2, 0) is 0 Å². The molecule has 0 aliphatic carbocycles. The van der Waals surface area contributed by atoms with Crippen LogP contribution in [0.4, 0.5) is 0 Å². The minimum atomic E-state index is -0.349. The van der Waals surface area contributed by atoms with E-state index in [1.165, 1.54) is 7.11 Å². The van der Waals surface area contributed by atoms with Gasteiger partial charge in [0, 0.05) is 23.1 Å². The predicted octanol–water partition coefficient (Wildman–Crippen LogP) is 1.89. The Morgan fingerprint density at radius 2 is 2.19 bits per heavy atom. The summed E-state index contributed by atoms with van der Waals surface area (Å²) in [5, 5.41) is 10.2. The van der Waals surface area contributed by atoms with Crippen LogP contribution in [0.5, 0.6) is 11.5 Å². The van der Waals surface area contributed by atoms with Gasteiger partial charge in [-0.05, 0) is 6.07 Å². The summed E-state index contributed by atoms with van der Waals surface area (Å²) in [6, 6.07) is 4.52. The molecule has 0 aliphatic heterocycles. The number of methoxy groups -OCH3 is 1. The number of hydrogen-bond acceptors (Lipinski definition) is 3. The standard InChI is InChI=1S/C12H11NO3/c1-3-7-4-8-9(5-11(7)16-2)13-12(15)6-10(8)14/h3-6H,1H2,2H3,(H2,13,14,15). The predicted molar refractivity (Wildman–Crippen MR) is 62.9 cm³/mol. The van der Waals surface area contributed by atoms with Crippen LogP contribution in [0.3, 0.4) is 0 Å². The average Bonchev–Trinajstić information content (AvgIpc) is 2.27. The van der Waals surface area contributed by atoms with E-state index in [-0.39, 0.29) is 11.3 Å². The van der Waals surface area contributed by atoms with Crippen LogP contribution in [0, 0.1) is 0 Å². The fraction of sp³-hybridized carbons (Fsp3) is 0.0833. The Kier molecular flexibility index (Phi) is 2.40. The van der Waals surface area contributed by atoms with Crippen molar-refractivity contribution in [3.05, 3.63) is 40.7 Å². The van der Waals surface area contributed by atoms with Crippen molar-refractivity contribution in [2.24, 2.45) is 0 Å². The SMILES string of the molecule is C=Cc1cc2c(O)cc(=O)[nH]c2cc1OC. The van der Waals surface area contributed by atoms with Crippen molar-refractivity contribution in [1.29, 1.82) is 0 Å². The van der Waals surface area contributed by atoms with E-state index in [1.54, 1.807) is 18.2 Å². The number of aromatic hydroxyl groups is 1. The lowest BCUT2D eigenvalue weighted by Gasteiger charge is -2.07. The Balaban J connectivity index is 2.88. The zero-order valence-corrected chi connectivity index (χ0v) is 8.78. The van der Waals surface area contributed by atoms with Crippen LogP contribution < -0.4 is 10.3 Å². The monoisotopic (exact) mass is 217 g/mol. The van der Waals surface area contributed by atoms with Crippen molar-refractivity contribution in [1.82, 2.24) is 4.98 Å². The lowest BCUT2D eigenvalue weighted by molar-refractivity contribution is 0.414. The molecule has 0 saturated heterocycles. The molecule has 1 aromatic heterocycles. The fourth-order valence-electron chi connectivity index (χ4n) is 1.62. The van der Waals surface area contributed by atoms with E-state index >= 15 is 0 Å². The molecule has 4 nitrogen and oxygen atoms in total. The highest BCUT2D eigenvalue weighted by molar-refractivity contribution is 5.88. The van der Waals surface area contributed by atoms with Crippen LogP contribution in [0.2, 0.25) is 0 Å². The van der Waals surface area contributed by atoms with Crippen LogP contribution >= 0.6 is 0 Å². The molecule has 0 fully saturated rings. The maximum atomic E-state index is 11.2. The summed E-state index contributed by atoms with van der Waals surface area (Å²) in [6.07, 6.45) is 1.63. The van der Waals surface area contributed by atoms with Crippen LogP contribution in [0.25, 0.3) is 17.0 Å². The number of nitrogens with one attached hydrogen (secondary N) is 1. The molecule has 1 aromatic carbocycles. The molecule has 0 unspecified atom stereocenters. The minimum Gasteiger partial charge on any atom is -0.507 e. The smallest absolute Gasteiger partial charge is 0.252 e. The third-order valence-corrected chi connectivity index (χ3v) is 2.39. The van der Waals surface area contributed by atoms with Crippen molar-refractivity contribution >= 4 is 17.0 Å². The summed E-state index contributed by atoms with van der Waals surface area (Å²) in [6.45, 7) is 3.66. The number of pyridine rings is 1. The molecule has 0 saturated carbocycles. The van der Waals surface area contributed by atoms with Crippen molar-refractivity contribution in [2.75, 3.05) is 7.11 Å². The number of H-pyrrole nitrogens is 1. The molecule has 2 rings (SSSR count). The number of benzene rings is 1. The summed E-state index contributed by atoms with van der Waals surface area (Å²) < 4.78 is 5.15. The third-order valence-electron chi connectivity index (χ3n) is 2.39. The van der Waals surface area contributed by atoms with E-state index in [9.17, 15) is 9.90 Å². The first-order chi connectivity index (χ1) is 7.65. The van der Waals surface area contributed by atoms with Gasteiger partial charge < -0.3 is 14.8 Å². The van der Waals surface area contributed by atoms with Crippen molar-refractivity contribution in [3.63, 3.8) is 0 Å². The van der Waals surface area contributed by atoms with Gasteiger partial charge >= 0.3 is 0 Å². The van der Waals surface area contributed by atoms with Gasteiger partial charge in [-0.25, -0.2) is 0 Å². The molecular formula is C12H11NO3. The van der Waals surface area contributed by atoms with Gasteiger partial charge in [-0.2, -0.15) is 0 Å². The van der Waals surface area contributed by atoms with Gasteiger partial charge in [0.15, 0.2) is 0 Å².